The van der Waals surface area contributed by atoms with Gasteiger partial charge in [-0.2, -0.15) is 5.10 Å². The highest BCUT2D eigenvalue weighted by atomic mass is 32.2. The first-order chi connectivity index (χ1) is 14.5. The molecule has 3 aromatic heterocycles. The summed E-state index contributed by atoms with van der Waals surface area (Å²) in [6.07, 6.45) is 3.18. The summed E-state index contributed by atoms with van der Waals surface area (Å²) in [7, 11) is 1.81. The molecule has 0 aliphatic carbocycles. The minimum atomic E-state index is -0.231. The van der Waals surface area contributed by atoms with Gasteiger partial charge in [0.15, 0.2) is 11.4 Å². The first-order valence-corrected chi connectivity index (χ1v) is 10.3. The maximum atomic E-state index is 12.9. The molecule has 30 heavy (non-hydrogen) atoms. The van der Waals surface area contributed by atoms with Crippen molar-refractivity contribution in [3.8, 4) is 0 Å². The third-order valence-electron chi connectivity index (χ3n) is 4.81. The number of nitrogens with zero attached hydrogens (tertiary/aromatic N) is 5. The lowest BCUT2D eigenvalue weighted by molar-refractivity contribution is 0.0999. The van der Waals surface area contributed by atoms with Crippen molar-refractivity contribution in [1.29, 1.82) is 0 Å². The van der Waals surface area contributed by atoms with Crippen LogP contribution in [-0.2, 0) is 7.05 Å². The predicted octanol–water partition coefficient (Wildman–Crippen LogP) is 3.14. The molecule has 1 amide bonds. The molecular weight excluding hydrogens is 400 g/mol. The largest absolute Gasteiger partial charge is 0.293 e. The zero-order valence-electron chi connectivity index (χ0n) is 16.8. The number of aryl methyl sites for hydroxylation is 2. The summed E-state index contributed by atoms with van der Waals surface area (Å²) in [5.41, 5.74) is 6.18. The van der Waals surface area contributed by atoms with Crippen LogP contribution in [0.15, 0.2) is 53.9 Å². The summed E-state index contributed by atoms with van der Waals surface area (Å²) in [4.78, 5) is 33.9. The van der Waals surface area contributed by atoms with Gasteiger partial charge in [-0.1, -0.05) is 30.0 Å². The lowest BCUT2D eigenvalue weighted by atomic mass is 10.2. The number of ketones is 1. The summed E-state index contributed by atoms with van der Waals surface area (Å²) >= 11 is 1.35. The number of benzene rings is 1. The molecule has 0 atom stereocenters. The standard InChI is InChI=1S/C21H20N6O2S/c1-13-9-16(14(2)27(13)25-20(29)15-7-5-4-6-8-15)18(28)11-30-21-17-10-24-26(3)19(17)22-12-23-21/h4-10,12H,11H2,1-3H3,(H,25,29). The van der Waals surface area contributed by atoms with Gasteiger partial charge < -0.3 is 0 Å². The lowest BCUT2D eigenvalue weighted by Crippen LogP contribution is -2.25. The fourth-order valence-electron chi connectivity index (χ4n) is 3.24. The Morgan fingerprint density at radius 1 is 1.13 bits per heavy atom. The van der Waals surface area contributed by atoms with E-state index in [9.17, 15) is 9.59 Å². The fraction of sp³-hybridized carbons (Fsp3) is 0.190. The Balaban J connectivity index is 1.51. The minimum absolute atomic E-state index is 0.0380. The van der Waals surface area contributed by atoms with Crippen molar-refractivity contribution in [1.82, 2.24) is 24.4 Å². The van der Waals surface area contributed by atoms with Gasteiger partial charge in [0.2, 0.25) is 0 Å². The molecule has 0 saturated heterocycles. The Hall–Kier alpha value is -3.46. The third-order valence-corrected chi connectivity index (χ3v) is 5.82. The van der Waals surface area contributed by atoms with Crippen LogP contribution in [0.5, 0.6) is 0 Å². The van der Waals surface area contributed by atoms with Gasteiger partial charge in [-0.05, 0) is 32.0 Å². The Morgan fingerprint density at radius 2 is 1.90 bits per heavy atom. The van der Waals surface area contributed by atoms with Crippen LogP contribution in [0.3, 0.4) is 0 Å². The molecule has 0 unspecified atom stereocenters. The Kier molecular flexibility index (Phi) is 5.37. The number of hydrogen-bond donors (Lipinski definition) is 1. The smallest absolute Gasteiger partial charge is 0.270 e. The predicted molar refractivity (Wildman–Crippen MR) is 115 cm³/mol. The van der Waals surface area contributed by atoms with Crippen LogP contribution in [0, 0.1) is 13.8 Å². The number of fused-ring (bicyclic) bond motifs is 1. The summed E-state index contributed by atoms with van der Waals surface area (Å²) in [6.45, 7) is 3.67. The van der Waals surface area contributed by atoms with Crippen molar-refractivity contribution in [2.24, 2.45) is 7.05 Å². The van der Waals surface area contributed by atoms with E-state index in [0.29, 0.717) is 21.8 Å². The molecular formula is C21H20N6O2S. The van der Waals surface area contributed by atoms with Crippen molar-refractivity contribution in [3.63, 3.8) is 0 Å². The average molecular weight is 420 g/mol. The van der Waals surface area contributed by atoms with Gasteiger partial charge in [0.25, 0.3) is 5.91 Å². The van der Waals surface area contributed by atoms with E-state index in [1.54, 1.807) is 33.8 Å². The van der Waals surface area contributed by atoms with E-state index in [4.69, 9.17) is 0 Å². The Morgan fingerprint density at radius 3 is 2.67 bits per heavy atom. The van der Waals surface area contributed by atoms with Gasteiger partial charge in [0.05, 0.1) is 17.3 Å². The first-order valence-electron chi connectivity index (χ1n) is 9.29. The fourth-order valence-corrected chi connectivity index (χ4v) is 4.08. The zero-order valence-corrected chi connectivity index (χ0v) is 17.6. The van der Waals surface area contributed by atoms with E-state index in [1.165, 1.54) is 18.1 Å². The van der Waals surface area contributed by atoms with Crippen LogP contribution in [0.4, 0.5) is 0 Å². The quantitative estimate of drug-likeness (QED) is 0.293. The molecule has 0 spiro atoms. The Labute approximate surface area is 177 Å². The summed E-state index contributed by atoms with van der Waals surface area (Å²) in [5, 5.41) is 5.73. The maximum absolute atomic E-state index is 12.9. The topological polar surface area (TPSA) is 94.7 Å². The summed E-state index contributed by atoms with van der Waals surface area (Å²) in [5.74, 6) is -0.0486. The van der Waals surface area contributed by atoms with Crippen LogP contribution in [0.25, 0.3) is 11.0 Å². The van der Waals surface area contributed by atoms with Crippen molar-refractivity contribution in [3.05, 3.63) is 71.4 Å². The van der Waals surface area contributed by atoms with E-state index in [0.717, 1.165) is 16.7 Å². The van der Waals surface area contributed by atoms with E-state index in [2.05, 4.69) is 20.5 Å². The maximum Gasteiger partial charge on any atom is 0.270 e. The molecule has 1 N–H and O–H groups in total. The normalized spacial score (nSPS) is 11.0. The van der Waals surface area contributed by atoms with Crippen LogP contribution >= 0.6 is 11.8 Å². The van der Waals surface area contributed by atoms with Crippen molar-refractivity contribution in [2.75, 3.05) is 11.2 Å². The van der Waals surface area contributed by atoms with E-state index in [1.807, 2.05) is 39.1 Å². The van der Waals surface area contributed by atoms with Gasteiger partial charge in [-0.15, -0.1) is 0 Å². The molecule has 0 saturated carbocycles. The molecule has 3 heterocycles. The van der Waals surface area contributed by atoms with E-state index < -0.39 is 0 Å². The highest BCUT2D eigenvalue weighted by Gasteiger charge is 2.19. The number of hydrogen-bond acceptors (Lipinski definition) is 6. The molecule has 4 rings (SSSR count). The number of nitrogens with one attached hydrogen (secondary N) is 1. The molecule has 8 nitrogen and oxygen atoms in total. The second-order valence-electron chi connectivity index (χ2n) is 6.82. The van der Waals surface area contributed by atoms with Gasteiger partial charge in [0.1, 0.15) is 11.4 Å². The van der Waals surface area contributed by atoms with Crippen LogP contribution in [0.2, 0.25) is 0 Å². The van der Waals surface area contributed by atoms with Crippen molar-refractivity contribution in [2.45, 2.75) is 18.9 Å². The number of thioether (sulfide) groups is 1. The summed E-state index contributed by atoms with van der Waals surface area (Å²) in [6, 6.07) is 10.8. The second-order valence-corrected chi connectivity index (χ2v) is 7.79. The number of aromatic nitrogens is 5. The molecule has 0 fully saturated rings. The lowest BCUT2D eigenvalue weighted by Gasteiger charge is -2.11. The van der Waals surface area contributed by atoms with Crippen molar-refractivity contribution >= 4 is 34.5 Å². The molecule has 0 bridgehead atoms. The molecule has 9 heteroatoms. The molecule has 0 radical (unpaired) electrons. The van der Waals surface area contributed by atoms with Gasteiger partial charge >= 0.3 is 0 Å². The second kappa shape index (κ2) is 8.11. The van der Waals surface area contributed by atoms with E-state index >= 15 is 0 Å². The third kappa shape index (κ3) is 3.71. The zero-order chi connectivity index (χ0) is 21.3. The highest BCUT2D eigenvalue weighted by Crippen LogP contribution is 2.25. The number of amides is 1. The van der Waals surface area contributed by atoms with Crippen molar-refractivity contribution < 1.29 is 9.59 Å². The number of Topliss-reactive ketones (excluding diaryl/α,β-unsaturated/α-hetero) is 1. The molecule has 4 aromatic rings. The molecule has 0 aliphatic heterocycles. The average Bonchev–Trinajstić information content (AvgIpc) is 3.27. The minimum Gasteiger partial charge on any atom is -0.293 e. The van der Waals surface area contributed by atoms with Gasteiger partial charge in [-0.25, -0.2) is 9.97 Å². The van der Waals surface area contributed by atoms with Gasteiger partial charge in [0, 0.05) is 29.6 Å². The number of carbonyl (C=O) groups is 2. The monoisotopic (exact) mass is 420 g/mol. The number of carbonyl (C=O) groups excluding carboxylic acids is 2. The molecule has 152 valence electrons. The Bertz CT molecular complexity index is 1250. The SMILES string of the molecule is Cc1cc(C(=O)CSc2ncnc3c2cnn3C)c(C)n1NC(=O)c1ccccc1. The molecule has 0 aliphatic rings. The highest BCUT2D eigenvalue weighted by molar-refractivity contribution is 8.00. The van der Waals surface area contributed by atoms with Crippen LogP contribution in [-0.4, -0.2) is 41.9 Å². The first kappa shape index (κ1) is 19.8. The summed E-state index contributed by atoms with van der Waals surface area (Å²) < 4.78 is 3.32. The number of rotatable bonds is 6. The van der Waals surface area contributed by atoms with Gasteiger partial charge in [-0.3, -0.25) is 24.4 Å². The molecule has 1 aromatic carbocycles. The van der Waals surface area contributed by atoms with Crippen LogP contribution in [0.1, 0.15) is 32.1 Å². The van der Waals surface area contributed by atoms with Crippen LogP contribution < -0.4 is 5.43 Å². The van der Waals surface area contributed by atoms with E-state index in [-0.39, 0.29) is 17.4 Å².